The molecule has 0 fully saturated rings. The second kappa shape index (κ2) is 4.97. The number of rotatable bonds is 3. The molecule has 3 rings (SSSR count). The van der Waals surface area contributed by atoms with Crippen molar-refractivity contribution in [2.24, 2.45) is 0 Å². The Morgan fingerprint density at radius 3 is 2.60 bits per heavy atom. The van der Waals surface area contributed by atoms with Gasteiger partial charge in [0.2, 0.25) is 0 Å². The molecule has 0 aliphatic rings. The first kappa shape index (κ1) is 12.7. The summed E-state index contributed by atoms with van der Waals surface area (Å²) in [4.78, 5) is 11.1. The molecule has 0 aliphatic heterocycles. The molecule has 3 aromatic rings. The topological polar surface area (TPSA) is 22.0 Å². The van der Waals surface area contributed by atoms with Crippen molar-refractivity contribution in [3.8, 4) is 0 Å². The highest BCUT2D eigenvalue weighted by Crippen LogP contribution is 2.29. The van der Waals surface area contributed by atoms with Crippen molar-refractivity contribution >= 4 is 33.7 Å². The van der Waals surface area contributed by atoms with Gasteiger partial charge >= 0.3 is 0 Å². The molecule has 0 saturated heterocycles. The number of aryl methyl sites for hydroxylation is 1. The molecule has 2 heteroatoms. The molecule has 1 heterocycles. The number of fused-ring (bicyclic) bond motifs is 3. The number of para-hydroxylation sites is 1. The van der Waals surface area contributed by atoms with Gasteiger partial charge in [0.15, 0.2) is 5.78 Å². The molecule has 1 aromatic heterocycles. The van der Waals surface area contributed by atoms with E-state index < -0.39 is 0 Å². The van der Waals surface area contributed by atoms with E-state index in [1.165, 1.54) is 21.8 Å². The molecule has 0 unspecified atom stereocenters. The molecular formula is C18H17NO. The number of nitrogens with zero attached hydrogens (tertiary/aromatic N) is 1. The van der Waals surface area contributed by atoms with Gasteiger partial charge in [-0.25, -0.2) is 0 Å². The zero-order valence-electron chi connectivity index (χ0n) is 11.8. The van der Waals surface area contributed by atoms with Crippen molar-refractivity contribution in [3.63, 3.8) is 0 Å². The number of carbonyl (C=O) groups is 1. The van der Waals surface area contributed by atoms with Gasteiger partial charge in [-0.15, -0.1) is 0 Å². The van der Waals surface area contributed by atoms with Gasteiger partial charge in [0.1, 0.15) is 0 Å². The molecule has 0 amide bonds. The predicted octanol–water partition coefficient (Wildman–Crippen LogP) is 4.42. The van der Waals surface area contributed by atoms with Gasteiger partial charge in [0.05, 0.1) is 0 Å². The molecule has 0 bridgehead atoms. The first-order chi connectivity index (χ1) is 9.70. The summed E-state index contributed by atoms with van der Waals surface area (Å²) in [5.74, 6) is 0.0704. The molecule has 0 saturated carbocycles. The standard InChI is InChI=1S/C18H17NO/c1-3-19-17-7-5-4-6-15(17)16-12-14(9-8-13(2)20)10-11-18(16)19/h4-12H,3H2,1-2H3. The molecule has 0 aliphatic carbocycles. The lowest BCUT2D eigenvalue weighted by Crippen LogP contribution is -1.92. The van der Waals surface area contributed by atoms with Gasteiger partial charge in [0.25, 0.3) is 0 Å². The SMILES string of the molecule is CCn1c2ccccc2c2cc(C=CC(C)=O)ccc21. The second-order valence-corrected chi connectivity index (χ2v) is 4.98. The molecule has 0 spiro atoms. The highest BCUT2D eigenvalue weighted by molar-refractivity contribution is 6.08. The molecule has 2 nitrogen and oxygen atoms in total. The minimum absolute atomic E-state index is 0.0704. The Morgan fingerprint density at radius 1 is 1.10 bits per heavy atom. The molecule has 20 heavy (non-hydrogen) atoms. The Bertz CT molecular complexity index is 824. The number of aromatic nitrogens is 1. The van der Waals surface area contributed by atoms with E-state index in [1.807, 2.05) is 6.08 Å². The summed E-state index contributed by atoms with van der Waals surface area (Å²) in [6, 6.07) is 14.8. The minimum atomic E-state index is 0.0704. The van der Waals surface area contributed by atoms with Gasteiger partial charge in [-0.3, -0.25) is 4.79 Å². The number of allylic oxidation sites excluding steroid dienone is 1. The third-order valence-electron chi connectivity index (χ3n) is 3.62. The van der Waals surface area contributed by atoms with Crippen molar-refractivity contribution in [2.75, 3.05) is 0 Å². The summed E-state index contributed by atoms with van der Waals surface area (Å²) < 4.78 is 2.32. The van der Waals surface area contributed by atoms with E-state index in [0.29, 0.717) is 0 Å². The van der Waals surface area contributed by atoms with Crippen LogP contribution in [0.2, 0.25) is 0 Å². The number of carbonyl (C=O) groups excluding carboxylic acids is 1. The van der Waals surface area contributed by atoms with Crippen LogP contribution in [0.1, 0.15) is 19.4 Å². The fourth-order valence-electron chi connectivity index (χ4n) is 2.73. The number of hydrogen-bond acceptors (Lipinski definition) is 1. The highest BCUT2D eigenvalue weighted by Gasteiger charge is 2.08. The number of hydrogen-bond donors (Lipinski definition) is 0. The largest absolute Gasteiger partial charge is 0.341 e. The maximum Gasteiger partial charge on any atom is 0.152 e. The van der Waals surface area contributed by atoms with Crippen molar-refractivity contribution < 1.29 is 4.79 Å². The third-order valence-corrected chi connectivity index (χ3v) is 3.62. The highest BCUT2D eigenvalue weighted by atomic mass is 16.1. The number of benzene rings is 2. The Labute approximate surface area is 118 Å². The van der Waals surface area contributed by atoms with Gasteiger partial charge in [-0.05, 0) is 43.7 Å². The summed E-state index contributed by atoms with van der Waals surface area (Å²) in [6.45, 7) is 4.68. The van der Waals surface area contributed by atoms with Crippen LogP contribution in [0, 0.1) is 0 Å². The fraction of sp³-hybridized carbons (Fsp3) is 0.167. The average molecular weight is 263 g/mol. The lowest BCUT2D eigenvalue weighted by atomic mass is 10.1. The summed E-state index contributed by atoms with van der Waals surface area (Å²) in [6.07, 6.45) is 3.49. The maximum atomic E-state index is 11.1. The molecule has 2 aromatic carbocycles. The van der Waals surface area contributed by atoms with Gasteiger partial charge in [-0.2, -0.15) is 0 Å². The Balaban J connectivity index is 2.28. The minimum Gasteiger partial charge on any atom is -0.341 e. The van der Waals surface area contributed by atoms with Gasteiger partial charge in [0, 0.05) is 28.4 Å². The summed E-state index contributed by atoms with van der Waals surface area (Å²) >= 11 is 0. The van der Waals surface area contributed by atoms with Crippen molar-refractivity contribution in [1.29, 1.82) is 0 Å². The second-order valence-electron chi connectivity index (χ2n) is 4.98. The van der Waals surface area contributed by atoms with Crippen LogP contribution in [0.4, 0.5) is 0 Å². The lowest BCUT2D eigenvalue weighted by molar-refractivity contribution is -0.112. The summed E-state index contributed by atoms with van der Waals surface area (Å²) in [7, 11) is 0. The van der Waals surface area contributed by atoms with Crippen LogP contribution in [-0.4, -0.2) is 10.4 Å². The number of ketones is 1. The zero-order chi connectivity index (χ0) is 14.1. The van der Waals surface area contributed by atoms with E-state index in [9.17, 15) is 4.79 Å². The van der Waals surface area contributed by atoms with Crippen LogP contribution in [0.15, 0.2) is 48.5 Å². The van der Waals surface area contributed by atoms with Crippen LogP contribution in [0.25, 0.3) is 27.9 Å². The molecule has 0 radical (unpaired) electrons. The van der Waals surface area contributed by atoms with Gasteiger partial charge in [-0.1, -0.05) is 30.3 Å². The van der Waals surface area contributed by atoms with Crippen LogP contribution in [-0.2, 0) is 11.3 Å². The maximum absolute atomic E-state index is 11.1. The molecular weight excluding hydrogens is 246 g/mol. The van der Waals surface area contributed by atoms with Crippen LogP contribution in [0.3, 0.4) is 0 Å². The Hall–Kier alpha value is -2.35. The quantitative estimate of drug-likeness (QED) is 0.641. The van der Waals surface area contributed by atoms with E-state index in [0.717, 1.165) is 12.1 Å². The lowest BCUT2D eigenvalue weighted by Gasteiger charge is -2.02. The van der Waals surface area contributed by atoms with Crippen molar-refractivity contribution in [3.05, 3.63) is 54.1 Å². The zero-order valence-corrected chi connectivity index (χ0v) is 11.8. The van der Waals surface area contributed by atoms with Crippen LogP contribution in [0.5, 0.6) is 0 Å². The molecule has 100 valence electrons. The average Bonchev–Trinajstić information content (AvgIpc) is 2.78. The smallest absolute Gasteiger partial charge is 0.152 e. The molecule has 0 N–H and O–H groups in total. The van der Waals surface area contributed by atoms with Crippen molar-refractivity contribution in [1.82, 2.24) is 4.57 Å². The van der Waals surface area contributed by atoms with E-state index in [4.69, 9.17) is 0 Å². The fourth-order valence-corrected chi connectivity index (χ4v) is 2.73. The first-order valence-electron chi connectivity index (χ1n) is 6.90. The monoisotopic (exact) mass is 263 g/mol. The Kier molecular flexibility index (Phi) is 3.15. The Morgan fingerprint density at radius 2 is 1.85 bits per heavy atom. The summed E-state index contributed by atoms with van der Waals surface area (Å²) in [5, 5.41) is 2.51. The van der Waals surface area contributed by atoms with E-state index >= 15 is 0 Å². The van der Waals surface area contributed by atoms with E-state index in [-0.39, 0.29) is 5.78 Å². The van der Waals surface area contributed by atoms with Gasteiger partial charge < -0.3 is 4.57 Å². The van der Waals surface area contributed by atoms with E-state index in [1.54, 1.807) is 13.0 Å². The van der Waals surface area contributed by atoms with Crippen molar-refractivity contribution in [2.45, 2.75) is 20.4 Å². The predicted molar refractivity (Wildman–Crippen MR) is 84.8 cm³/mol. The molecule has 0 atom stereocenters. The first-order valence-corrected chi connectivity index (χ1v) is 6.90. The third kappa shape index (κ3) is 2.03. The summed E-state index contributed by atoms with van der Waals surface area (Å²) in [5.41, 5.74) is 3.57. The normalized spacial score (nSPS) is 11.7. The van der Waals surface area contributed by atoms with E-state index in [2.05, 4.69) is 54.0 Å². The van der Waals surface area contributed by atoms with Crippen LogP contribution < -0.4 is 0 Å². The van der Waals surface area contributed by atoms with Crippen LogP contribution >= 0.6 is 0 Å².